The van der Waals surface area contributed by atoms with Gasteiger partial charge < -0.3 is 24.8 Å². The van der Waals surface area contributed by atoms with Crippen LogP contribution in [0.2, 0.25) is 0 Å². The van der Waals surface area contributed by atoms with Crippen LogP contribution in [0.4, 0.5) is 9.59 Å². The van der Waals surface area contributed by atoms with Crippen LogP contribution in [0.25, 0.3) is 0 Å². The van der Waals surface area contributed by atoms with Crippen LogP contribution in [0.5, 0.6) is 0 Å². The maximum Gasteiger partial charge on any atom is 0.408 e. The van der Waals surface area contributed by atoms with E-state index in [0.717, 1.165) is 11.1 Å². The van der Waals surface area contributed by atoms with Crippen molar-refractivity contribution >= 4 is 24.1 Å². The molecule has 0 unspecified atom stereocenters. The SMILES string of the molecule is CC(C)(C)OC(=O)N[C@@H](Cc1ccccc1)C(=O)OC(=O)[C@@H](Cc1ccccc1)NC(=O)OC(C)(C)C. The lowest BCUT2D eigenvalue weighted by molar-refractivity contribution is -0.162. The summed E-state index contributed by atoms with van der Waals surface area (Å²) in [7, 11) is 0. The number of benzene rings is 2. The summed E-state index contributed by atoms with van der Waals surface area (Å²) in [6.45, 7) is 10.1. The van der Waals surface area contributed by atoms with Gasteiger partial charge >= 0.3 is 24.1 Å². The van der Waals surface area contributed by atoms with E-state index in [1.807, 2.05) is 12.1 Å². The molecule has 2 aromatic rings. The Morgan fingerprint density at radius 2 is 0.946 bits per heavy atom. The predicted octanol–water partition coefficient (Wildman–Crippen LogP) is 4.33. The van der Waals surface area contributed by atoms with Gasteiger partial charge in [-0.15, -0.1) is 0 Å². The highest BCUT2D eigenvalue weighted by Crippen LogP contribution is 2.12. The Hall–Kier alpha value is -3.88. The van der Waals surface area contributed by atoms with E-state index in [1.54, 1.807) is 90.1 Å². The summed E-state index contributed by atoms with van der Waals surface area (Å²) in [6.07, 6.45) is -1.53. The molecule has 0 aliphatic rings. The molecule has 0 aromatic heterocycles. The molecule has 2 atom stereocenters. The van der Waals surface area contributed by atoms with Crippen molar-refractivity contribution in [1.82, 2.24) is 10.6 Å². The fraction of sp³-hybridized carbons (Fsp3) is 0.429. The monoisotopic (exact) mass is 512 g/mol. The highest BCUT2D eigenvalue weighted by Gasteiger charge is 2.32. The number of rotatable bonds is 8. The third-order valence-corrected chi connectivity index (χ3v) is 4.72. The van der Waals surface area contributed by atoms with Crippen molar-refractivity contribution in [3.05, 3.63) is 71.8 Å². The molecule has 9 nitrogen and oxygen atoms in total. The third kappa shape index (κ3) is 11.6. The molecule has 0 saturated carbocycles. The lowest BCUT2D eigenvalue weighted by atomic mass is 10.1. The molecule has 2 amide bonds. The molecule has 0 aliphatic carbocycles. The Balaban J connectivity index is 2.20. The Bertz CT molecular complexity index is 972. The molecule has 2 rings (SSSR count). The van der Waals surface area contributed by atoms with E-state index in [9.17, 15) is 19.2 Å². The standard InChI is InChI=1S/C28H36N2O7/c1-27(2,3)36-25(33)29-21(17-19-13-9-7-10-14-19)23(31)35-24(32)22(18-20-15-11-8-12-16-20)30-26(34)37-28(4,5)6/h7-16,21-22H,17-18H2,1-6H3,(H,29,33)(H,30,34)/t21-,22+. The number of hydrogen-bond acceptors (Lipinski definition) is 7. The zero-order valence-electron chi connectivity index (χ0n) is 22.2. The molecule has 200 valence electrons. The minimum Gasteiger partial charge on any atom is -0.444 e. The van der Waals surface area contributed by atoms with Gasteiger partial charge in [0.1, 0.15) is 23.3 Å². The van der Waals surface area contributed by atoms with E-state index in [0.29, 0.717) is 0 Å². The summed E-state index contributed by atoms with van der Waals surface area (Å²) in [4.78, 5) is 51.0. The molecule has 0 bridgehead atoms. The second kappa shape index (κ2) is 12.9. The smallest absolute Gasteiger partial charge is 0.408 e. The van der Waals surface area contributed by atoms with E-state index in [-0.39, 0.29) is 12.8 Å². The van der Waals surface area contributed by atoms with Crippen molar-refractivity contribution in [2.24, 2.45) is 0 Å². The summed E-state index contributed by atoms with van der Waals surface area (Å²) in [5.74, 6) is -1.97. The lowest BCUT2D eigenvalue weighted by Gasteiger charge is -2.24. The molecular formula is C28H36N2O7. The maximum atomic E-state index is 13.1. The first-order valence-corrected chi connectivity index (χ1v) is 12.0. The summed E-state index contributed by atoms with van der Waals surface area (Å²) in [6, 6.07) is 15.5. The number of nitrogens with one attached hydrogen (secondary N) is 2. The number of amides is 2. The molecule has 2 N–H and O–H groups in total. The molecule has 9 heteroatoms. The largest absolute Gasteiger partial charge is 0.444 e. The summed E-state index contributed by atoms with van der Waals surface area (Å²) in [5, 5.41) is 4.98. The van der Waals surface area contributed by atoms with Crippen molar-refractivity contribution in [3.8, 4) is 0 Å². The van der Waals surface area contributed by atoms with Crippen LogP contribution in [0.3, 0.4) is 0 Å². The highest BCUT2D eigenvalue weighted by atomic mass is 16.6. The lowest BCUT2D eigenvalue weighted by Crippen LogP contribution is -2.49. The van der Waals surface area contributed by atoms with Crippen molar-refractivity contribution in [1.29, 1.82) is 0 Å². The number of hydrogen-bond donors (Lipinski definition) is 2. The van der Waals surface area contributed by atoms with Gasteiger partial charge in [-0.2, -0.15) is 0 Å². The molecule has 0 saturated heterocycles. The zero-order chi connectivity index (χ0) is 27.6. The Morgan fingerprint density at radius 3 is 1.24 bits per heavy atom. The molecule has 0 spiro atoms. The molecule has 0 aliphatic heterocycles. The minimum atomic E-state index is -1.21. The van der Waals surface area contributed by atoms with Crippen LogP contribution in [0.1, 0.15) is 52.7 Å². The van der Waals surface area contributed by atoms with Gasteiger partial charge in [-0.25, -0.2) is 19.2 Å². The van der Waals surface area contributed by atoms with Gasteiger partial charge in [0.05, 0.1) is 0 Å². The van der Waals surface area contributed by atoms with Crippen molar-refractivity contribution in [3.63, 3.8) is 0 Å². The van der Waals surface area contributed by atoms with Crippen molar-refractivity contribution in [2.75, 3.05) is 0 Å². The van der Waals surface area contributed by atoms with Gasteiger partial charge in [-0.05, 0) is 52.7 Å². The van der Waals surface area contributed by atoms with E-state index in [1.165, 1.54) is 0 Å². The van der Waals surface area contributed by atoms with Crippen LogP contribution in [-0.2, 0) is 36.6 Å². The highest BCUT2D eigenvalue weighted by molar-refractivity contribution is 5.93. The van der Waals surface area contributed by atoms with Crippen LogP contribution >= 0.6 is 0 Å². The van der Waals surface area contributed by atoms with Crippen LogP contribution in [-0.4, -0.2) is 47.4 Å². The molecule has 2 aromatic carbocycles. The second-order valence-corrected chi connectivity index (χ2v) is 10.5. The van der Waals surface area contributed by atoms with E-state index < -0.39 is 47.4 Å². The molecular weight excluding hydrogens is 476 g/mol. The zero-order valence-corrected chi connectivity index (χ0v) is 22.2. The maximum absolute atomic E-state index is 13.1. The van der Waals surface area contributed by atoms with Gasteiger partial charge in [0.15, 0.2) is 0 Å². The summed E-state index contributed by atoms with van der Waals surface area (Å²) < 4.78 is 15.7. The predicted molar refractivity (Wildman–Crippen MR) is 138 cm³/mol. The normalized spacial score (nSPS) is 13.0. The van der Waals surface area contributed by atoms with Crippen molar-refractivity contribution < 1.29 is 33.4 Å². The molecule has 37 heavy (non-hydrogen) atoms. The number of carbonyl (C=O) groups is 4. The summed E-state index contributed by atoms with van der Waals surface area (Å²) >= 11 is 0. The Labute approximate surface area is 217 Å². The molecule has 0 fully saturated rings. The first-order chi connectivity index (χ1) is 17.2. The van der Waals surface area contributed by atoms with Gasteiger partial charge in [0, 0.05) is 12.8 Å². The third-order valence-electron chi connectivity index (χ3n) is 4.72. The number of esters is 2. The van der Waals surface area contributed by atoms with Gasteiger partial charge in [-0.1, -0.05) is 60.7 Å². The topological polar surface area (TPSA) is 120 Å². The first-order valence-electron chi connectivity index (χ1n) is 12.0. The summed E-state index contributed by atoms with van der Waals surface area (Å²) in [5.41, 5.74) is -0.111. The van der Waals surface area contributed by atoms with Crippen LogP contribution in [0, 0.1) is 0 Å². The average Bonchev–Trinajstić information content (AvgIpc) is 2.77. The van der Waals surface area contributed by atoms with Crippen molar-refractivity contribution in [2.45, 2.75) is 77.7 Å². The first kappa shape index (κ1) is 29.4. The fourth-order valence-electron chi connectivity index (χ4n) is 3.23. The van der Waals surface area contributed by atoms with E-state index in [4.69, 9.17) is 14.2 Å². The Morgan fingerprint density at radius 1 is 0.622 bits per heavy atom. The second-order valence-electron chi connectivity index (χ2n) is 10.5. The molecule has 0 radical (unpaired) electrons. The average molecular weight is 513 g/mol. The van der Waals surface area contributed by atoms with Gasteiger partial charge in [0.25, 0.3) is 0 Å². The quantitative estimate of drug-likeness (QED) is 0.307. The van der Waals surface area contributed by atoms with Crippen LogP contribution < -0.4 is 10.6 Å². The van der Waals surface area contributed by atoms with E-state index >= 15 is 0 Å². The number of carbonyl (C=O) groups excluding carboxylic acids is 4. The fourth-order valence-corrected chi connectivity index (χ4v) is 3.23. The number of alkyl carbamates (subject to hydrolysis) is 2. The van der Waals surface area contributed by atoms with E-state index in [2.05, 4.69) is 10.6 Å². The number of ether oxygens (including phenoxy) is 3. The van der Waals surface area contributed by atoms with Gasteiger partial charge in [0.2, 0.25) is 0 Å². The van der Waals surface area contributed by atoms with Crippen LogP contribution in [0.15, 0.2) is 60.7 Å². The minimum absolute atomic E-state index is 0.0645. The Kier molecular flexibility index (Phi) is 10.2. The van der Waals surface area contributed by atoms with Gasteiger partial charge in [-0.3, -0.25) is 0 Å². The molecule has 0 heterocycles.